The molecule has 72 heavy (non-hydrogen) atoms. The number of rotatable bonds is 8. The van der Waals surface area contributed by atoms with Crippen LogP contribution in [0.4, 0.5) is 0 Å². The summed E-state index contributed by atoms with van der Waals surface area (Å²) in [5, 5.41) is 0. The molecule has 0 spiro atoms. The van der Waals surface area contributed by atoms with Gasteiger partial charge < -0.3 is 0 Å². The van der Waals surface area contributed by atoms with Crippen molar-refractivity contribution < 1.29 is 0 Å². The molecule has 0 amide bonds. The van der Waals surface area contributed by atoms with Crippen LogP contribution in [-0.2, 0) is 0 Å². The maximum absolute atomic E-state index is 3.19. The first-order chi connectivity index (χ1) is 30.0. The van der Waals surface area contributed by atoms with Crippen LogP contribution in [0.1, 0.15) is 0 Å². The molecule has 2 rings (SSSR count). The fraction of sp³-hybridized carbons (Fsp3) is 1.00. The molecule has 2 saturated heterocycles. The highest BCUT2D eigenvalue weighted by Crippen LogP contribution is 2.62. The van der Waals surface area contributed by atoms with E-state index in [9.17, 15) is 0 Å². The highest BCUT2D eigenvalue weighted by atomic mass is 30.5. The lowest BCUT2D eigenvalue weighted by Gasteiger charge is -2.82. The van der Waals surface area contributed by atoms with Crippen LogP contribution in [0.3, 0.4) is 0 Å². The summed E-state index contributed by atoms with van der Waals surface area (Å²) in [5.74, 6) is 0. The van der Waals surface area contributed by atoms with E-state index in [1.165, 1.54) is 0 Å². The van der Waals surface area contributed by atoms with Crippen molar-refractivity contribution in [3.63, 3.8) is 0 Å². The molecule has 0 aromatic heterocycles. The first-order valence-electron chi connectivity index (χ1n) is 30.0. The zero-order valence-corrected chi connectivity index (χ0v) is 84.0. The van der Waals surface area contributed by atoms with Gasteiger partial charge in [0.15, 0.2) is 0 Å². The summed E-state index contributed by atoms with van der Waals surface area (Å²) in [6, 6.07) is 0. The van der Waals surface area contributed by atoms with Gasteiger partial charge in [0.05, 0.1) is 0 Å². The van der Waals surface area contributed by atoms with Crippen LogP contribution in [0, 0.1) is 0 Å². The quantitative estimate of drug-likeness (QED) is 0.213. The summed E-state index contributed by atoms with van der Waals surface area (Å²) in [6.45, 7) is 147. The molecule has 0 aromatic rings. The van der Waals surface area contributed by atoms with Crippen LogP contribution in [-0.4, -0.2) is 171 Å². The van der Waals surface area contributed by atoms with Gasteiger partial charge in [-0.1, -0.05) is 314 Å². The monoisotopic (exact) mass is 1390 g/mol. The molecule has 432 valence electrons. The van der Waals surface area contributed by atoms with Gasteiger partial charge in [0.25, 0.3) is 0 Å². The van der Waals surface area contributed by atoms with Gasteiger partial charge in [-0.15, -0.1) is 0 Å². The van der Waals surface area contributed by atoms with Gasteiger partial charge >= 0.3 is 0 Å². The highest BCUT2D eigenvalue weighted by molar-refractivity contribution is 8.34. The van der Waals surface area contributed by atoms with Crippen molar-refractivity contribution in [3.8, 4) is 0 Å². The molecule has 0 radical (unpaired) electrons. The minimum Gasteiger partial charge on any atom is -0.0739 e. The molecule has 2 heterocycles. The first-order valence-corrected chi connectivity index (χ1v) is 126. The zero-order valence-electron chi connectivity index (χ0n) is 60.0. The van der Waals surface area contributed by atoms with Crippen molar-refractivity contribution in [1.29, 1.82) is 0 Å². The van der Waals surface area contributed by atoms with Gasteiger partial charge in [0, 0.05) is 171 Å². The standard InChI is InChI=1S/2C24H72Si12/c2*1-25(2,3)35(26(4,5)6)31(17,18)29(13,14)30(15,16)32(19,20)36(27(7,8)9,28(10,11)12)34(23,24)33(35,21)22/h2*1-24H3. The minimum absolute atomic E-state index is 1.35. The molecule has 2 aliphatic heterocycles. The van der Waals surface area contributed by atoms with E-state index in [0.717, 1.165) is 0 Å². The fourth-order valence-electron chi connectivity index (χ4n) is 29.5. The van der Waals surface area contributed by atoms with E-state index in [1.54, 1.807) is 0 Å². The van der Waals surface area contributed by atoms with Gasteiger partial charge in [-0.2, -0.15) is 0 Å². The minimum atomic E-state index is -1.50. The summed E-state index contributed by atoms with van der Waals surface area (Å²) in [7, 11) is -28.2. The van der Waals surface area contributed by atoms with E-state index in [1.807, 2.05) is 0 Å². The van der Waals surface area contributed by atoms with E-state index < -0.39 is 171 Å². The maximum Gasteiger partial charge on any atom is 0.0308 e. The Balaban J connectivity index is 0.000000720. The second-order valence-electron chi connectivity index (χ2n) is 40.5. The second kappa shape index (κ2) is 19.4. The van der Waals surface area contributed by atoms with Crippen molar-refractivity contribution in [2.45, 2.75) is 314 Å². The molecular formula is C48H144Si24. The summed E-state index contributed by atoms with van der Waals surface area (Å²) < 4.78 is 0. The number of hydrogen-bond donors (Lipinski definition) is 0. The molecular weight excluding hydrogens is 1250 g/mol. The Kier molecular flexibility index (Phi) is 20.2. The average Bonchev–Trinajstić information content (AvgIpc) is 2.97. The molecule has 0 N–H and O–H groups in total. The van der Waals surface area contributed by atoms with Gasteiger partial charge in [-0.25, -0.2) is 0 Å². The van der Waals surface area contributed by atoms with E-state index in [2.05, 4.69) is 314 Å². The summed E-state index contributed by atoms with van der Waals surface area (Å²) in [4.78, 5) is 0. The van der Waals surface area contributed by atoms with Gasteiger partial charge in [0.1, 0.15) is 0 Å². The molecule has 2 fully saturated rings. The molecule has 0 saturated carbocycles. The van der Waals surface area contributed by atoms with Crippen LogP contribution < -0.4 is 0 Å². The second-order valence-corrected chi connectivity index (χ2v) is 338. The molecule has 0 nitrogen and oxygen atoms in total. The topological polar surface area (TPSA) is 0 Å². The Morgan fingerprint density at radius 3 is 0.222 bits per heavy atom. The largest absolute Gasteiger partial charge is 0.0739 e. The molecule has 0 aliphatic carbocycles. The van der Waals surface area contributed by atoms with Crippen LogP contribution in [0.2, 0.25) is 314 Å². The smallest absolute Gasteiger partial charge is 0.0308 e. The normalized spacial score (nSPS) is 28.7. The summed E-state index contributed by atoms with van der Waals surface area (Å²) in [5.41, 5.74) is 0. The Hall–Kier alpha value is 5.21. The maximum atomic E-state index is 3.19. The van der Waals surface area contributed by atoms with E-state index in [-0.39, 0.29) is 0 Å². The Labute approximate surface area is 479 Å². The Morgan fingerprint density at radius 1 is 0.111 bits per heavy atom. The van der Waals surface area contributed by atoms with E-state index >= 15 is 0 Å². The molecule has 0 bridgehead atoms. The molecule has 24 heteroatoms. The molecule has 0 atom stereocenters. The molecule has 0 aromatic carbocycles. The molecule has 0 unspecified atom stereocenters. The van der Waals surface area contributed by atoms with Gasteiger partial charge in [-0.3, -0.25) is 0 Å². The third-order valence-corrected chi connectivity index (χ3v) is 747. The van der Waals surface area contributed by atoms with Crippen molar-refractivity contribution in [2.24, 2.45) is 0 Å². The lowest BCUT2D eigenvalue weighted by molar-refractivity contribution is 1.71. The third-order valence-electron chi connectivity index (χ3n) is 29.0. The van der Waals surface area contributed by atoms with Crippen LogP contribution in [0.5, 0.6) is 0 Å². The predicted molar refractivity (Wildman–Crippen MR) is 420 cm³/mol. The number of hydrogen-bond acceptors (Lipinski definition) is 0. The van der Waals surface area contributed by atoms with Crippen molar-refractivity contribution in [1.82, 2.24) is 0 Å². The zero-order chi connectivity index (χ0) is 60.0. The third kappa shape index (κ3) is 8.46. The van der Waals surface area contributed by atoms with Crippen molar-refractivity contribution >= 4 is 171 Å². The van der Waals surface area contributed by atoms with Crippen LogP contribution in [0.25, 0.3) is 0 Å². The average molecular weight is 1400 g/mol. The first kappa shape index (κ1) is 75.2. The van der Waals surface area contributed by atoms with Crippen molar-refractivity contribution in [3.05, 3.63) is 0 Å². The van der Waals surface area contributed by atoms with Gasteiger partial charge in [0.2, 0.25) is 0 Å². The highest BCUT2D eigenvalue weighted by Gasteiger charge is 2.89. The van der Waals surface area contributed by atoms with Crippen molar-refractivity contribution in [2.75, 3.05) is 0 Å². The Morgan fingerprint density at radius 2 is 0.167 bits per heavy atom. The van der Waals surface area contributed by atoms with Crippen LogP contribution >= 0.6 is 0 Å². The van der Waals surface area contributed by atoms with Crippen LogP contribution in [0.15, 0.2) is 0 Å². The van der Waals surface area contributed by atoms with E-state index in [4.69, 9.17) is 0 Å². The Bertz CT molecular complexity index is 1650. The summed E-state index contributed by atoms with van der Waals surface area (Å²) in [6.07, 6.45) is -5.91. The SMILES string of the molecule is C[Si](C)(C)[Si]1([Si](C)(C)C)[Si](C)(C)[Si](C)(C)[Si](C)(C)[Si](C)(C)[Si]([Si](C)(C)C)([Si](C)(C)C)[Si](C)(C)[Si]1(C)C.C[Si](C)(C)[Si]1([Si](C)(C)C)[Si](C)(C)[Si](C)(C)[Si](C)(C)[Si](C)(C)[Si]([Si](C)(C)C)([Si](C)(C)C)[Si](C)(C)[Si]1(C)C. The summed E-state index contributed by atoms with van der Waals surface area (Å²) >= 11 is 0. The molecule has 2 aliphatic rings. The lowest BCUT2D eigenvalue weighted by atomic mass is 11.8. The van der Waals surface area contributed by atoms with E-state index in [0.29, 0.717) is 0 Å². The fourth-order valence-corrected chi connectivity index (χ4v) is 1440. The predicted octanol–water partition coefficient (Wildman–Crippen LogP) is 18.9. The van der Waals surface area contributed by atoms with Gasteiger partial charge in [-0.05, 0) is 0 Å². The lowest BCUT2D eigenvalue weighted by Crippen LogP contribution is -3.12.